The van der Waals surface area contributed by atoms with E-state index in [1.165, 1.54) is 24.3 Å². The molecule has 0 heterocycles. The number of benzene rings is 2. The van der Waals surface area contributed by atoms with Crippen LogP contribution in [0.3, 0.4) is 0 Å². The average molecular weight is 357 g/mol. The van der Waals surface area contributed by atoms with E-state index in [0.29, 0.717) is 5.69 Å². The Bertz CT molecular complexity index is 708. The normalized spacial score (nSPS) is 10.4. The number of halogens is 3. The number of amides is 1. The quantitative estimate of drug-likeness (QED) is 0.652. The molecule has 4 nitrogen and oxygen atoms in total. The van der Waals surface area contributed by atoms with E-state index in [2.05, 4.69) is 15.9 Å². The number of primary amides is 1. The predicted octanol–water partition coefficient (Wildman–Crippen LogP) is 2.99. The molecule has 0 aliphatic rings. The van der Waals surface area contributed by atoms with E-state index in [1.54, 1.807) is 0 Å². The lowest BCUT2D eigenvalue weighted by molar-refractivity contribution is 0.0996. The summed E-state index contributed by atoms with van der Waals surface area (Å²) in [6, 6.07) is 6.60. The molecule has 0 spiro atoms. The molecule has 0 bridgehead atoms. The number of hydrogen-bond acceptors (Lipinski definition) is 3. The molecular formula is C14H11BrF2N2O2. The van der Waals surface area contributed by atoms with Gasteiger partial charge in [0.15, 0.2) is 0 Å². The Hall–Kier alpha value is -2.15. The zero-order chi connectivity index (χ0) is 15.6. The SMILES string of the molecule is NC(=O)c1ccc(N)cc1OCc1c(F)ccc(Br)c1F. The van der Waals surface area contributed by atoms with Crippen molar-refractivity contribution in [3.63, 3.8) is 0 Å². The zero-order valence-corrected chi connectivity index (χ0v) is 12.3. The van der Waals surface area contributed by atoms with Crippen molar-refractivity contribution < 1.29 is 18.3 Å². The molecule has 7 heteroatoms. The van der Waals surface area contributed by atoms with Crippen LogP contribution in [-0.4, -0.2) is 5.91 Å². The minimum Gasteiger partial charge on any atom is -0.488 e. The maximum atomic E-state index is 13.8. The summed E-state index contributed by atoms with van der Waals surface area (Å²) >= 11 is 2.96. The molecular weight excluding hydrogens is 346 g/mol. The van der Waals surface area contributed by atoms with Gasteiger partial charge in [-0.3, -0.25) is 4.79 Å². The first-order valence-electron chi connectivity index (χ1n) is 5.84. The lowest BCUT2D eigenvalue weighted by Crippen LogP contribution is -2.14. The van der Waals surface area contributed by atoms with Crippen LogP contribution in [0, 0.1) is 11.6 Å². The Balaban J connectivity index is 2.31. The van der Waals surface area contributed by atoms with Crippen molar-refractivity contribution in [2.45, 2.75) is 6.61 Å². The van der Waals surface area contributed by atoms with Crippen molar-refractivity contribution >= 4 is 27.5 Å². The van der Waals surface area contributed by atoms with Gasteiger partial charge in [-0.2, -0.15) is 0 Å². The Labute approximate surface area is 127 Å². The third-order valence-electron chi connectivity index (χ3n) is 2.78. The van der Waals surface area contributed by atoms with Crippen LogP contribution in [0.2, 0.25) is 0 Å². The minimum atomic E-state index is -0.764. The highest BCUT2D eigenvalue weighted by Crippen LogP contribution is 2.26. The molecule has 2 aromatic carbocycles. The number of hydrogen-bond donors (Lipinski definition) is 2. The lowest BCUT2D eigenvalue weighted by Gasteiger charge is -2.12. The van der Waals surface area contributed by atoms with E-state index in [4.69, 9.17) is 16.2 Å². The number of nitrogen functional groups attached to an aromatic ring is 1. The molecule has 0 saturated carbocycles. The fourth-order valence-electron chi connectivity index (χ4n) is 1.71. The molecule has 0 aromatic heterocycles. The first-order chi connectivity index (χ1) is 9.90. The minimum absolute atomic E-state index is 0.0706. The van der Waals surface area contributed by atoms with Crippen LogP contribution < -0.4 is 16.2 Å². The second-order valence-electron chi connectivity index (χ2n) is 4.23. The third-order valence-corrected chi connectivity index (χ3v) is 3.39. The number of ether oxygens (including phenoxy) is 1. The van der Waals surface area contributed by atoms with Crippen molar-refractivity contribution in [1.29, 1.82) is 0 Å². The van der Waals surface area contributed by atoms with E-state index < -0.39 is 24.1 Å². The molecule has 2 aromatic rings. The first kappa shape index (κ1) is 15.2. The maximum Gasteiger partial charge on any atom is 0.252 e. The van der Waals surface area contributed by atoms with Crippen molar-refractivity contribution in [1.82, 2.24) is 0 Å². The van der Waals surface area contributed by atoms with Crippen LogP contribution in [0.25, 0.3) is 0 Å². The Kier molecular flexibility index (Phi) is 4.42. The van der Waals surface area contributed by atoms with E-state index >= 15 is 0 Å². The van der Waals surface area contributed by atoms with Crippen LogP contribution in [-0.2, 0) is 6.61 Å². The summed E-state index contributed by atoms with van der Waals surface area (Å²) in [7, 11) is 0. The Morgan fingerprint density at radius 1 is 1.24 bits per heavy atom. The molecule has 110 valence electrons. The van der Waals surface area contributed by atoms with E-state index in [1.807, 2.05) is 0 Å². The summed E-state index contributed by atoms with van der Waals surface area (Å²) in [5.74, 6) is -2.17. The average Bonchev–Trinajstić information content (AvgIpc) is 2.43. The number of nitrogens with two attached hydrogens (primary N) is 2. The summed E-state index contributed by atoms with van der Waals surface area (Å²) in [6.45, 7) is -0.402. The van der Waals surface area contributed by atoms with Gasteiger partial charge in [-0.15, -0.1) is 0 Å². The van der Waals surface area contributed by atoms with Gasteiger partial charge in [0.25, 0.3) is 5.91 Å². The second-order valence-corrected chi connectivity index (χ2v) is 5.08. The standard InChI is InChI=1S/C14H11BrF2N2O2/c15-10-3-4-11(16)9(13(10)17)6-21-12-5-7(18)1-2-8(12)14(19)20/h1-5H,6,18H2,(H2,19,20). The lowest BCUT2D eigenvalue weighted by atomic mass is 10.1. The Morgan fingerprint density at radius 3 is 2.62 bits per heavy atom. The van der Waals surface area contributed by atoms with Crippen LogP contribution >= 0.6 is 15.9 Å². The van der Waals surface area contributed by atoms with Gasteiger partial charge in [0, 0.05) is 11.8 Å². The summed E-state index contributed by atoms with van der Waals surface area (Å²) in [6.07, 6.45) is 0. The molecule has 0 fully saturated rings. The van der Waals surface area contributed by atoms with Gasteiger partial charge >= 0.3 is 0 Å². The summed E-state index contributed by atoms with van der Waals surface area (Å²) in [5, 5.41) is 0. The zero-order valence-electron chi connectivity index (χ0n) is 10.7. The van der Waals surface area contributed by atoms with Gasteiger partial charge in [-0.1, -0.05) is 0 Å². The van der Waals surface area contributed by atoms with Crippen LogP contribution in [0.1, 0.15) is 15.9 Å². The van der Waals surface area contributed by atoms with Crippen LogP contribution in [0.15, 0.2) is 34.8 Å². The van der Waals surface area contributed by atoms with E-state index in [0.717, 1.165) is 6.07 Å². The van der Waals surface area contributed by atoms with E-state index in [9.17, 15) is 13.6 Å². The summed E-state index contributed by atoms with van der Waals surface area (Å²) < 4.78 is 32.9. The topological polar surface area (TPSA) is 78.3 Å². The van der Waals surface area contributed by atoms with Crippen molar-refractivity contribution in [2.24, 2.45) is 5.73 Å². The van der Waals surface area contributed by atoms with Crippen LogP contribution in [0.4, 0.5) is 14.5 Å². The first-order valence-corrected chi connectivity index (χ1v) is 6.64. The second kappa shape index (κ2) is 6.09. The van der Waals surface area contributed by atoms with Crippen molar-refractivity contribution in [3.05, 3.63) is 57.6 Å². The fourth-order valence-corrected chi connectivity index (χ4v) is 2.08. The summed E-state index contributed by atoms with van der Waals surface area (Å²) in [4.78, 5) is 11.3. The molecule has 1 amide bonds. The summed E-state index contributed by atoms with van der Waals surface area (Å²) in [5.41, 5.74) is 11.0. The predicted molar refractivity (Wildman–Crippen MR) is 77.8 cm³/mol. The van der Waals surface area contributed by atoms with E-state index in [-0.39, 0.29) is 21.3 Å². The molecule has 0 atom stereocenters. The number of rotatable bonds is 4. The highest BCUT2D eigenvalue weighted by molar-refractivity contribution is 9.10. The maximum absolute atomic E-state index is 13.8. The van der Waals surface area contributed by atoms with Gasteiger partial charge in [0.1, 0.15) is 24.0 Å². The van der Waals surface area contributed by atoms with Gasteiger partial charge in [-0.25, -0.2) is 8.78 Å². The molecule has 0 unspecified atom stereocenters. The highest BCUT2D eigenvalue weighted by atomic mass is 79.9. The van der Waals surface area contributed by atoms with Crippen molar-refractivity contribution in [2.75, 3.05) is 5.73 Å². The van der Waals surface area contributed by atoms with Gasteiger partial charge < -0.3 is 16.2 Å². The highest BCUT2D eigenvalue weighted by Gasteiger charge is 2.15. The van der Waals surface area contributed by atoms with Gasteiger partial charge in [0.05, 0.1) is 15.6 Å². The Morgan fingerprint density at radius 2 is 1.95 bits per heavy atom. The molecule has 2 rings (SSSR count). The molecule has 0 radical (unpaired) electrons. The third kappa shape index (κ3) is 3.30. The van der Waals surface area contributed by atoms with Crippen molar-refractivity contribution in [3.8, 4) is 5.75 Å². The number of carbonyl (C=O) groups excluding carboxylic acids is 1. The molecule has 4 N–H and O–H groups in total. The smallest absolute Gasteiger partial charge is 0.252 e. The largest absolute Gasteiger partial charge is 0.488 e. The fraction of sp³-hybridized carbons (Fsp3) is 0.0714. The molecule has 0 aliphatic heterocycles. The van der Waals surface area contributed by atoms with Gasteiger partial charge in [0.2, 0.25) is 0 Å². The monoisotopic (exact) mass is 356 g/mol. The van der Waals surface area contributed by atoms with Crippen LogP contribution in [0.5, 0.6) is 5.75 Å². The van der Waals surface area contributed by atoms with Gasteiger partial charge in [-0.05, 0) is 40.2 Å². The molecule has 21 heavy (non-hydrogen) atoms. The number of carbonyl (C=O) groups is 1. The number of anilines is 1. The molecule has 0 saturated heterocycles. The molecule has 0 aliphatic carbocycles.